The zero-order valence-electron chi connectivity index (χ0n) is 12.9. The molecule has 0 amide bonds. The highest BCUT2D eigenvalue weighted by molar-refractivity contribution is 7.89. The number of sulfonamides is 1. The van der Waals surface area contributed by atoms with Gasteiger partial charge in [-0.2, -0.15) is 0 Å². The molecule has 0 bridgehead atoms. The molecule has 0 aromatic heterocycles. The molecular formula is C16H21F2NO3S. The van der Waals surface area contributed by atoms with Crippen LogP contribution >= 0.6 is 0 Å². The molecule has 2 atom stereocenters. The van der Waals surface area contributed by atoms with E-state index in [1.807, 2.05) is 0 Å². The summed E-state index contributed by atoms with van der Waals surface area (Å²) in [5.74, 6) is -1.38. The monoisotopic (exact) mass is 345 g/mol. The van der Waals surface area contributed by atoms with Crippen LogP contribution in [0.3, 0.4) is 0 Å². The van der Waals surface area contributed by atoms with Crippen LogP contribution in [0.1, 0.15) is 49.3 Å². The van der Waals surface area contributed by atoms with Gasteiger partial charge in [-0.05, 0) is 55.7 Å². The molecule has 1 saturated heterocycles. The maximum atomic E-state index is 13.9. The Morgan fingerprint density at radius 3 is 2.74 bits per heavy atom. The van der Waals surface area contributed by atoms with Gasteiger partial charge in [0.2, 0.25) is 10.0 Å². The summed E-state index contributed by atoms with van der Waals surface area (Å²) in [6, 6.07) is 1.52. The lowest BCUT2D eigenvalue weighted by Crippen LogP contribution is -2.38. The van der Waals surface area contributed by atoms with Crippen LogP contribution in [0.4, 0.5) is 8.78 Å². The van der Waals surface area contributed by atoms with E-state index < -0.39 is 27.7 Å². The number of nitrogens with one attached hydrogen (secondary N) is 1. The number of halogens is 2. The van der Waals surface area contributed by atoms with Crippen LogP contribution in [-0.2, 0) is 21.2 Å². The number of ether oxygens (including phenoxy) is 1. The fraction of sp³-hybridized carbons (Fsp3) is 0.625. The minimum Gasteiger partial charge on any atom is -0.377 e. The summed E-state index contributed by atoms with van der Waals surface area (Å²) < 4.78 is 60.2. The van der Waals surface area contributed by atoms with Gasteiger partial charge in [-0.1, -0.05) is 0 Å². The van der Waals surface area contributed by atoms with E-state index in [-0.39, 0.29) is 11.9 Å². The Morgan fingerprint density at radius 1 is 1.17 bits per heavy atom. The van der Waals surface area contributed by atoms with Gasteiger partial charge < -0.3 is 4.74 Å². The van der Waals surface area contributed by atoms with Gasteiger partial charge in [0.25, 0.3) is 0 Å². The largest absolute Gasteiger partial charge is 0.377 e. The normalized spacial score (nSPS) is 25.1. The van der Waals surface area contributed by atoms with Gasteiger partial charge in [0.05, 0.1) is 11.9 Å². The van der Waals surface area contributed by atoms with Crippen molar-refractivity contribution in [2.24, 2.45) is 0 Å². The maximum Gasteiger partial charge on any atom is 0.214 e. The van der Waals surface area contributed by atoms with Crippen molar-refractivity contribution in [2.45, 2.75) is 50.7 Å². The van der Waals surface area contributed by atoms with Crippen LogP contribution in [0.15, 0.2) is 12.1 Å². The molecular weight excluding hydrogens is 324 g/mol. The lowest BCUT2D eigenvalue weighted by Gasteiger charge is -2.28. The molecule has 1 aromatic rings. The first-order valence-corrected chi connectivity index (χ1v) is 9.69. The SMILES string of the molecule is O=S(=O)(CC1CCCCO1)N[C@@H]1CCCc2c(F)cc(F)cc21. The number of hydrogen-bond acceptors (Lipinski definition) is 3. The van der Waals surface area contributed by atoms with Gasteiger partial charge in [-0.15, -0.1) is 0 Å². The molecule has 4 nitrogen and oxygen atoms in total. The smallest absolute Gasteiger partial charge is 0.214 e. The summed E-state index contributed by atoms with van der Waals surface area (Å²) in [7, 11) is -3.57. The summed E-state index contributed by atoms with van der Waals surface area (Å²) in [6.45, 7) is 0.586. The summed E-state index contributed by atoms with van der Waals surface area (Å²) in [6.07, 6.45) is 4.07. The zero-order chi connectivity index (χ0) is 16.4. The second-order valence-electron chi connectivity index (χ2n) is 6.29. The van der Waals surface area contributed by atoms with E-state index in [1.165, 1.54) is 6.07 Å². The molecule has 128 valence electrons. The van der Waals surface area contributed by atoms with Crippen LogP contribution in [-0.4, -0.2) is 26.9 Å². The molecule has 1 aliphatic carbocycles. The van der Waals surface area contributed by atoms with Crippen LogP contribution in [0.2, 0.25) is 0 Å². The molecule has 0 spiro atoms. The highest BCUT2D eigenvalue weighted by atomic mass is 32.2. The highest BCUT2D eigenvalue weighted by Gasteiger charge is 2.29. The Labute approximate surface area is 135 Å². The van der Waals surface area contributed by atoms with E-state index in [0.29, 0.717) is 37.0 Å². The number of rotatable bonds is 4. The van der Waals surface area contributed by atoms with Crippen molar-refractivity contribution in [3.8, 4) is 0 Å². The average molecular weight is 345 g/mol. The molecule has 2 aliphatic rings. The third-order valence-corrected chi connectivity index (χ3v) is 5.95. The van der Waals surface area contributed by atoms with Crippen molar-refractivity contribution in [2.75, 3.05) is 12.4 Å². The summed E-state index contributed by atoms with van der Waals surface area (Å²) >= 11 is 0. The van der Waals surface area contributed by atoms with Crippen LogP contribution in [0.25, 0.3) is 0 Å². The Kier molecular flexibility index (Phi) is 4.98. The lowest BCUT2D eigenvalue weighted by molar-refractivity contribution is 0.0303. The third-order valence-electron chi connectivity index (χ3n) is 4.49. The topological polar surface area (TPSA) is 55.4 Å². The van der Waals surface area contributed by atoms with Crippen molar-refractivity contribution >= 4 is 10.0 Å². The lowest BCUT2D eigenvalue weighted by atomic mass is 9.88. The minimum atomic E-state index is -3.57. The van der Waals surface area contributed by atoms with Crippen LogP contribution in [0.5, 0.6) is 0 Å². The minimum absolute atomic E-state index is 0.101. The maximum absolute atomic E-state index is 13.9. The number of hydrogen-bond donors (Lipinski definition) is 1. The van der Waals surface area contributed by atoms with E-state index in [0.717, 1.165) is 25.3 Å². The summed E-state index contributed by atoms with van der Waals surface area (Å²) in [4.78, 5) is 0. The van der Waals surface area contributed by atoms with Gasteiger partial charge in [-0.25, -0.2) is 21.9 Å². The molecule has 1 aromatic carbocycles. The Balaban J connectivity index is 1.76. The fourth-order valence-corrected chi connectivity index (χ4v) is 4.93. The quantitative estimate of drug-likeness (QED) is 0.913. The molecule has 1 unspecified atom stereocenters. The molecule has 0 radical (unpaired) electrons. The average Bonchev–Trinajstić information content (AvgIpc) is 2.48. The molecule has 7 heteroatoms. The van der Waals surface area contributed by atoms with E-state index in [4.69, 9.17) is 4.74 Å². The Morgan fingerprint density at radius 2 is 2.00 bits per heavy atom. The van der Waals surface area contributed by atoms with E-state index in [1.54, 1.807) is 0 Å². The summed E-state index contributed by atoms with van der Waals surface area (Å²) in [5, 5.41) is 0. The van der Waals surface area contributed by atoms with Crippen molar-refractivity contribution in [3.63, 3.8) is 0 Å². The van der Waals surface area contributed by atoms with Crippen molar-refractivity contribution in [1.29, 1.82) is 0 Å². The second-order valence-corrected chi connectivity index (χ2v) is 8.09. The second kappa shape index (κ2) is 6.83. The Hall–Kier alpha value is -1.05. The van der Waals surface area contributed by atoms with E-state index in [2.05, 4.69) is 4.72 Å². The number of benzene rings is 1. The van der Waals surface area contributed by atoms with Crippen molar-refractivity contribution < 1.29 is 21.9 Å². The van der Waals surface area contributed by atoms with Gasteiger partial charge >= 0.3 is 0 Å². The van der Waals surface area contributed by atoms with Gasteiger partial charge in [-0.3, -0.25) is 0 Å². The fourth-order valence-electron chi connectivity index (χ4n) is 3.41. The van der Waals surface area contributed by atoms with Crippen molar-refractivity contribution in [3.05, 3.63) is 34.9 Å². The van der Waals surface area contributed by atoms with Gasteiger partial charge in [0.1, 0.15) is 11.6 Å². The first-order valence-electron chi connectivity index (χ1n) is 8.04. The first-order chi connectivity index (χ1) is 10.9. The van der Waals surface area contributed by atoms with E-state index >= 15 is 0 Å². The molecule has 1 heterocycles. The molecule has 1 N–H and O–H groups in total. The van der Waals surface area contributed by atoms with Crippen LogP contribution < -0.4 is 4.72 Å². The third kappa shape index (κ3) is 4.08. The highest BCUT2D eigenvalue weighted by Crippen LogP contribution is 2.32. The summed E-state index contributed by atoms with van der Waals surface area (Å²) in [5.41, 5.74) is 0.834. The van der Waals surface area contributed by atoms with Gasteiger partial charge in [0.15, 0.2) is 0 Å². The van der Waals surface area contributed by atoms with Crippen molar-refractivity contribution in [1.82, 2.24) is 4.72 Å². The first kappa shape index (κ1) is 16.8. The zero-order valence-corrected chi connectivity index (χ0v) is 13.7. The predicted octanol–water partition coefficient (Wildman–Crippen LogP) is 2.83. The van der Waals surface area contributed by atoms with E-state index in [9.17, 15) is 17.2 Å². The van der Waals surface area contributed by atoms with Gasteiger partial charge in [0, 0.05) is 18.7 Å². The Bertz CT molecular complexity index is 672. The number of fused-ring (bicyclic) bond motifs is 1. The molecule has 3 rings (SSSR count). The van der Waals surface area contributed by atoms with Crippen LogP contribution in [0, 0.1) is 11.6 Å². The standard InChI is InChI=1S/C16H21F2NO3S/c17-11-8-14-13(15(18)9-11)5-3-6-16(14)19-23(20,21)10-12-4-1-2-7-22-12/h8-9,12,16,19H,1-7,10H2/t12?,16-/m1/s1. The molecule has 1 aliphatic heterocycles. The molecule has 1 fully saturated rings. The predicted molar refractivity (Wildman–Crippen MR) is 82.6 cm³/mol. The molecule has 0 saturated carbocycles. The molecule has 23 heavy (non-hydrogen) atoms.